The lowest BCUT2D eigenvalue weighted by molar-refractivity contribution is -0.143. The van der Waals surface area contributed by atoms with E-state index in [4.69, 9.17) is 4.74 Å². The lowest BCUT2D eigenvalue weighted by atomic mass is 9.73. The summed E-state index contributed by atoms with van der Waals surface area (Å²) >= 11 is 0. The molecule has 0 radical (unpaired) electrons. The molecule has 6 nitrogen and oxygen atoms in total. The van der Waals surface area contributed by atoms with Gasteiger partial charge in [0.15, 0.2) is 0 Å². The minimum absolute atomic E-state index is 0.0126. The van der Waals surface area contributed by atoms with Crippen LogP contribution in [0.4, 0.5) is 0 Å². The molecule has 2 aliphatic rings. The SMILES string of the molecule is O=C1CCC2(CCCN(C(=O)CCOc3ccccc3)C2)CN1CCO. The highest BCUT2D eigenvalue weighted by molar-refractivity contribution is 5.78. The molecule has 0 aliphatic carbocycles. The summed E-state index contributed by atoms with van der Waals surface area (Å²) in [5, 5.41) is 9.18. The summed E-state index contributed by atoms with van der Waals surface area (Å²) in [6, 6.07) is 9.52. The standard InChI is InChI=1S/C20H28N2O4/c23-13-12-22-16-20(10-7-18(22)24)9-4-11-21(15-20)19(25)8-14-26-17-5-2-1-3-6-17/h1-3,5-6,23H,4,7-16H2. The molecule has 2 aliphatic heterocycles. The number of piperidine rings is 2. The normalized spacial score (nSPS) is 23.3. The summed E-state index contributed by atoms with van der Waals surface area (Å²) in [5.74, 6) is 1.01. The van der Waals surface area contributed by atoms with Gasteiger partial charge >= 0.3 is 0 Å². The van der Waals surface area contributed by atoms with E-state index >= 15 is 0 Å². The van der Waals surface area contributed by atoms with Crippen molar-refractivity contribution in [2.24, 2.45) is 5.41 Å². The van der Waals surface area contributed by atoms with Crippen molar-refractivity contribution in [3.05, 3.63) is 30.3 Å². The van der Waals surface area contributed by atoms with Crippen LogP contribution in [0.2, 0.25) is 0 Å². The Morgan fingerprint density at radius 3 is 2.77 bits per heavy atom. The molecule has 3 rings (SSSR count). The molecule has 2 saturated heterocycles. The number of β-amino-alcohol motifs (C(OH)–C–C–N with tert-alkyl or cyclic N) is 1. The summed E-state index contributed by atoms with van der Waals surface area (Å²) in [7, 11) is 0. The zero-order chi connectivity index (χ0) is 18.4. The van der Waals surface area contributed by atoms with Crippen molar-refractivity contribution in [3.8, 4) is 5.75 Å². The molecule has 1 aromatic carbocycles. The van der Waals surface area contributed by atoms with Gasteiger partial charge in [0.25, 0.3) is 0 Å². The number of likely N-dealkylation sites (tertiary alicyclic amines) is 2. The first-order valence-corrected chi connectivity index (χ1v) is 9.46. The molecular formula is C20H28N2O4. The summed E-state index contributed by atoms with van der Waals surface area (Å²) in [4.78, 5) is 28.3. The molecule has 142 valence electrons. The Morgan fingerprint density at radius 2 is 2.00 bits per heavy atom. The predicted molar refractivity (Wildman–Crippen MR) is 97.7 cm³/mol. The Morgan fingerprint density at radius 1 is 1.19 bits per heavy atom. The van der Waals surface area contributed by atoms with Crippen molar-refractivity contribution in [3.63, 3.8) is 0 Å². The second-order valence-electron chi connectivity index (χ2n) is 7.37. The average molecular weight is 360 g/mol. The van der Waals surface area contributed by atoms with Gasteiger partial charge in [-0.15, -0.1) is 0 Å². The average Bonchev–Trinajstić information content (AvgIpc) is 2.66. The van der Waals surface area contributed by atoms with Crippen LogP contribution in [0.15, 0.2) is 30.3 Å². The second-order valence-corrected chi connectivity index (χ2v) is 7.37. The van der Waals surface area contributed by atoms with Gasteiger partial charge in [-0.25, -0.2) is 0 Å². The van der Waals surface area contributed by atoms with Gasteiger partial charge in [0.2, 0.25) is 11.8 Å². The van der Waals surface area contributed by atoms with E-state index in [0.717, 1.165) is 31.6 Å². The van der Waals surface area contributed by atoms with E-state index < -0.39 is 0 Å². The Bertz CT molecular complexity index is 621. The highest BCUT2D eigenvalue weighted by Gasteiger charge is 2.42. The van der Waals surface area contributed by atoms with E-state index in [9.17, 15) is 14.7 Å². The molecule has 0 aromatic heterocycles. The molecule has 1 aromatic rings. The maximum absolute atomic E-state index is 12.6. The number of carbonyl (C=O) groups is 2. The van der Waals surface area contributed by atoms with E-state index in [2.05, 4.69) is 0 Å². The predicted octanol–water partition coefficient (Wildman–Crippen LogP) is 1.68. The Labute approximate surface area is 154 Å². The number of para-hydroxylation sites is 1. The fraction of sp³-hybridized carbons (Fsp3) is 0.600. The van der Waals surface area contributed by atoms with Gasteiger partial charge in [-0.05, 0) is 31.4 Å². The van der Waals surface area contributed by atoms with Crippen LogP contribution in [-0.4, -0.2) is 66.1 Å². The lowest BCUT2D eigenvalue weighted by Gasteiger charge is -2.48. The molecule has 0 bridgehead atoms. The van der Waals surface area contributed by atoms with E-state index in [0.29, 0.717) is 39.1 Å². The van der Waals surface area contributed by atoms with Crippen LogP contribution < -0.4 is 4.74 Å². The molecule has 2 heterocycles. The number of hydrogen-bond acceptors (Lipinski definition) is 4. The van der Waals surface area contributed by atoms with E-state index in [1.807, 2.05) is 35.2 Å². The Balaban J connectivity index is 1.52. The number of rotatable bonds is 6. The third kappa shape index (κ3) is 4.55. The third-order valence-corrected chi connectivity index (χ3v) is 5.46. The number of nitrogens with zero attached hydrogens (tertiary/aromatic N) is 2. The molecular weight excluding hydrogens is 332 g/mol. The van der Waals surface area contributed by atoms with Crippen LogP contribution >= 0.6 is 0 Å². The quantitative estimate of drug-likeness (QED) is 0.838. The van der Waals surface area contributed by atoms with Gasteiger partial charge in [0.1, 0.15) is 5.75 Å². The van der Waals surface area contributed by atoms with Crippen molar-refractivity contribution in [1.82, 2.24) is 9.80 Å². The zero-order valence-corrected chi connectivity index (χ0v) is 15.2. The van der Waals surface area contributed by atoms with Crippen molar-refractivity contribution in [2.75, 3.05) is 39.4 Å². The molecule has 2 amide bonds. The molecule has 2 fully saturated rings. The van der Waals surface area contributed by atoms with Crippen molar-refractivity contribution >= 4 is 11.8 Å². The maximum Gasteiger partial charge on any atom is 0.226 e. The van der Waals surface area contributed by atoms with Crippen LogP contribution in [0.3, 0.4) is 0 Å². The van der Waals surface area contributed by atoms with Gasteiger partial charge in [-0.1, -0.05) is 18.2 Å². The fourth-order valence-corrected chi connectivity index (χ4v) is 4.11. The van der Waals surface area contributed by atoms with Gasteiger partial charge < -0.3 is 19.6 Å². The van der Waals surface area contributed by atoms with Gasteiger partial charge in [-0.2, -0.15) is 0 Å². The van der Waals surface area contributed by atoms with Crippen molar-refractivity contribution in [2.45, 2.75) is 32.1 Å². The van der Waals surface area contributed by atoms with Gasteiger partial charge in [0.05, 0.1) is 19.6 Å². The minimum atomic E-state index is -0.0166. The third-order valence-electron chi connectivity index (χ3n) is 5.46. The summed E-state index contributed by atoms with van der Waals surface area (Å²) in [6.45, 7) is 2.88. The van der Waals surface area contributed by atoms with Crippen LogP contribution in [0.25, 0.3) is 0 Å². The molecule has 0 saturated carbocycles. The monoisotopic (exact) mass is 360 g/mol. The topological polar surface area (TPSA) is 70.1 Å². The largest absolute Gasteiger partial charge is 0.493 e. The number of benzene rings is 1. The molecule has 1 spiro atoms. The number of carbonyl (C=O) groups excluding carboxylic acids is 2. The fourth-order valence-electron chi connectivity index (χ4n) is 4.11. The highest BCUT2D eigenvalue weighted by Crippen LogP contribution is 2.38. The Kier molecular flexibility index (Phi) is 6.14. The van der Waals surface area contributed by atoms with Crippen LogP contribution in [-0.2, 0) is 9.59 Å². The summed E-state index contributed by atoms with van der Waals surface area (Å²) in [6.07, 6.45) is 3.71. The van der Waals surface area contributed by atoms with Gasteiger partial charge in [-0.3, -0.25) is 9.59 Å². The number of hydrogen-bond donors (Lipinski definition) is 1. The lowest BCUT2D eigenvalue weighted by Crippen LogP contribution is -2.55. The number of aliphatic hydroxyl groups excluding tert-OH is 1. The first-order valence-electron chi connectivity index (χ1n) is 9.46. The molecule has 1 unspecified atom stereocenters. The van der Waals surface area contributed by atoms with E-state index in [-0.39, 0.29) is 23.8 Å². The number of aliphatic hydroxyl groups is 1. The number of amides is 2. The first-order chi connectivity index (χ1) is 12.6. The molecule has 6 heteroatoms. The Hall–Kier alpha value is -2.08. The molecule has 26 heavy (non-hydrogen) atoms. The summed E-state index contributed by atoms with van der Waals surface area (Å²) < 4.78 is 5.64. The molecule has 1 N–H and O–H groups in total. The smallest absolute Gasteiger partial charge is 0.226 e. The zero-order valence-electron chi connectivity index (χ0n) is 15.2. The second kappa shape index (κ2) is 8.54. The van der Waals surface area contributed by atoms with Crippen molar-refractivity contribution < 1.29 is 19.4 Å². The van der Waals surface area contributed by atoms with Crippen LogP contribution in [0, 0.1) is 5.41 Å². The molecule has 1 atom stereocenters. The minimum Gasteiger partial charge on any atom is -0.493 e. The van der Waals surface area contributed by atoms with Crippen molar-refractivity contribution in [1.29, 1.82) is 0 Å². The van der Waals surface area contributed by atoms with Gasteiger partial charge in [0, 0.05) is 38.0 Å². The highest BCUT2D eigenvalue weighted by atomic mass is 16.5. The van der Waals surface area contributed by atoms with Crippen LogP contribution in [0.1, 0.15) is 32.1 Å². The summed E-state index contributed by atoms with van der Waals surface area (Å²) in [5.41, 5.74) is -0.0166. The van der Waals surface area contributed by atoms with E-state index in [1.54, 1.807) is 4.90 Å². The maximum atomic E-state index is 12.6. The number of ether oxygens (including phenoxy) is 1. The van der Waals surface area contributed by atoms with Crippen LogP contribution in [0.5, 0.6) is 5.75 Å². The first kappa shape index (κ1) is 18.7. The van der Waals surface area contributed by atoms with E-state index in [1.165, 1.54) is 0 Å².